The minimum atomic E-state index is -0.150. The van der Waals surface area contributed by atoms with E-state index in [0.29, 0.717) is 23.7 Å². The van der Waals surface area contributed by atoms with Gasteiger partial charge < -0.3 is 19.5 Å². The van der Waals surface area contributed by atoms with Gasteiger partial charge in [0, 0.05) is 22.8 Å². The van der Waals surface area contributed by atoms with Crippen LogP contribution in [0.15, 0.2) is 36.4 Å². The molecule has 0 saturated heterocycles. The third kappa shape index (κ3) is 2.93. The van der Waals surface area contributed by atoms with Gasteiger partial charge in [-0.15, -0.1) is 0 Å². The largest absolute Gasteiger partial charge is 0.497 e. The highest BCUT2D eigenvalue weighted by atomic mass is 16.5. The summed E-state index contributed by atoms with van der Waals surface area (Å²) in [4.78, 5) is 12.4. The Morgan fingerprint density at radius 2 is 1.83 bits per heavy atom. The van der Waals surface area contributed by atoms with E-state index >= 15 is 0 Å². The van der Waals surface area contributed by atoms with Crippen molar-refractivity contribution in [3.05, 3.63) is 47.5 Å². The highest BCUT2D eigenvalue weighted by molar-refractivity contribution is 6.35. The Hall–Kier alpha value is -2.95. The molecular weight excluding hydrogens is 306 g/mol. The number of hydrogen-bond acceptors (Lipinski definition) is 4. The van der Waals surface area contributed by atoms with Crippen LogP contribution in [0.5, 0.6) is 17.2 Å². The maximum Gasteiger partial charge on any atom is 0.256 e. The number of fused-ring (bicyclic) bond motifs is 1. The van der Waals surface area contributed by atoms with Crippen molar-refractivity contribution in [2.45, 2.75) is 6.92 Å². The fraction of sp³-hybridized carbons (Fsp3) is 0.211. The molecule has 1 heterocycles. The first-order chi connectivity index (χ1) is 11.7. The maximum absolute atomic E-state index is 12.4. The van der Waals surface area contributed by atoms with Crippen LogP contribution >= 0.6 is 0 Å². The van der Waals surface area contributed by atoms with Crippen LogP contribution in [0, 0.1) is 0 Å². The first-order valence-electron chi connectivity index (χ1n) is 7.68. The monoisotopic (exact) mass is 325 g/mol. The zero-order valence-corrected chi connectivity index (χ0v) is 13.9. The Morgan fingerprint density at radius 3 is 2.54 bits per heavy atom. The molecule has 0 spiro atoms. The van der Waals surface area contributed by atoms with E-state index in [1.54, 1.807) is 14.2 Å². The number of hydrogen-bond donors (Lipinski definition) is 1. The number of benzene rings is 2. The summed E-state index contributed by atoms with van der Waals surface area (Å²) in [5.41, 5.74) is 2.95. The average molecular weight is 325 g/mol. The molecule has 0 atom stereocenters. The summed E-state index contributed by atoms with van der Waals surface area (Å²) < 4.78 is 16.1. The quantitative estimate of drug-likeness (QED) is 0.854. The van der Waals surface area contributed by atoms with E-state index in [1.165, 1.54) is 0 Å². The first-order valence-corrected chi connectivity index (χ1v) is 7.68. The lowest BCUT2D eigenvalue weighted by molar-refractivity contribution is -0.110. The summed E-state index contributed by atoms with van der Waals surface area (Å²) in [6, 6.07) is 11.1. The maximum atomic E-state index is 12.4. The molecule has 124 valence electrons. The highest BCUT2D eigenvalue weighted by Gasteiger charge is 2.25. The molecule has 1 N–H and O–H groups in total. The van der Waals surface area contributed by atoms with Crippen LogP contribution in [-0.4, -0.2) is 26.7 Å². The highest BCUT2D eigenvalue weighted by Crippen LogP contribution is 2.37. The molecule has 0 aromatic heterocycles. The molecule has 5 nitrogen and oxygen atoms in total. The van der Waals surface area contributed by atoms with Gasteiger partial charge >= 0.3 is 0 Å². The Labute approximate surface area is 140 Å². The summed E-state index contributed by atoms with van der Waals surface area (Å²) >= 11 is 0. The molecule has 0 aliphatic carbocycles. The van der Waals surface area contributed by atoms with Crippen LogP contribution in [0.3, 0.4) is 0 Å². The second-order valence-corrected chi connectivity index (χ2v) is 5.26. The molecule has 0 fully saturated rings. The van der Waals surface area contributed by atoms with Gasteiger partial charge in [-0.05, 0) is 43.3 Å². The number of rotatable bonds is 5. The van der Waals surface area contributed by atoms with Crippen LogP contribution in [-0.2, 0) is 4.79 Å². The van der Waals surface area contributed by atoms with Crippen molar-refractivity contribution in [2.75, 3.05) is 26.1 Å². The van der Waals surface area contributed by atoms with Gasteiger partial charge in [-0.3, -0.25) is 4.79 Å². The van der Waals surface area contributed by atoms with Crippen molar-refractivity contribution < 1.29 is 19.0 Å². The lowest BCUT2D eigenvalue weighted by atomic mass is 10.0. The van der Waals surface area contributed by atoms with Crippen LogP contribution in [0.2, 0.25) is 0 Å². The molecule has 1 amide bonds. The molecule has 24 heavy (non-hydrogen) atoms. The number of anilines is 1. The summed E-state index contributed by atoms with van der Waals surface area (Å²) in [5, 5.41) is 2.87. The Balaban J connectivity index is 2.05. The average Bonchev–Trinajstić information content (AvgIpc) is 2.90. The molecule has 0 bridgehead atoms. The van der Waals surface area contributed by atoms with Crippen LogP contribution < -0.4 is 19.5 Å². The second-order valence-electron chi connectivity index (χ2n) is 5.26. The lowest BCUT2D eigenvalue weighted by Crippen LogP contribution is -2.03. The molecule has 3 rings (SSSR count). The van der Waals surface area contributed by atoms with E-state index in [1.807, 2.05) is 49.4 Å². The van der Waals surface area contributed by atoms with E-state index < -0.39 is 0 Å². The predicted octanol–water partition coefficient (Wildman–Crippen LogP) is 3.60. The van der Waals surface area contributed by atoms with Crippen LogP contribution in [0.1, 0.15) is 18.1 Å². The van der Waals surface area contributed by atoms with Gasteiger partial charge in [-0.25, -0.2) is 0 Å². The molecule has 0 radical (unpaired) electrons. The SMILES string of the molecule is CCOc1ccc2c(c1)NC(=O)/C2=C/c1cc(OC)ccc1OC. The molecule has 0 saturated carbocycles. The number of carbonyl (C=O) groups excluding carboxylic acids is 1. The smallest absolute Gasteiger partial charge is 0.256 e. The fourth-order valence-corrected chi connectivity index (χ4v) is 2.68. The van der Waals surface area contributed by atoms with E-state index in [2.05, 4.69) is 5.32 Å². The van der Waals surface area contributed by atoms with Crippen molar-refractivity contribution in [1.82, 2.24) is 0 Å². The molecule has 2 aromatic carbocycles. The second kappa shape index (κ2) is 6.66. The third-order valence-electron chi connectivity index (χ3n) is 3.82. The van der Waals surface area contributed by atoms with Crippen LogP contribution in [0.4, 0.5) is 5.69 Å². The summed E-state index contributed by atoms with van der Waals surface area (Å²) in [5.74, 6) is 1.96. The minimum absolute atomic E-state index is 0.150. The Bertz CT molecular complexity index is 811. The summed E-state index contributed by atoms with van der Waals surface area (Å²) in [6.07, 6.45) is 1.81. The zero-order valence-electron chi connectivity index (χ0n) is 13.9. The number of nitrogens with one attached hydrogen (secondary N) is 1. The van der Waals surface area contributed by atoms with Gasteiger partial charge in [-0.1, -0.05) is 0 Å². The number of amides is 1. The predicted molar refractivity (Wildman–Crippen MR) is 93.7 cm³/mol. The minimum Gasteiger partial charge on any atom is -0.497 e. The van der Waals surface area contributed by atoms with E-state index in [9.17, 15) is 4.79 Å². The topological polar surface area (TPSA) is 56.8 Å². The zero-order chi connectivity index (χ0) is 17.1. The van der Waals surface area contributed by atoms with Crippen molar-refractivity contribution >= 4 is 23.2 Å². The first kappa shape index (κ1) is 15.9. The van der Waals surface area contributed by atoms with Gasteiger partial charge in [0.1, 0.15) is 17.2 Å². The van der Waals surface area contributed by atoms with Crippen molar-refractivity contribution in [2.24, 2.45) is 0 Å². The summed E-state index contributed by atoms with van der Waals surface area (Å²) in [7, 11) is 3.20. The van der Waals surface area contributed by atoms with Crippen molar-refractivity contribution in [3.8, 4) is 17.2 Å². The van der Waals surface area contributed by atoms with E-state index in [4.69, 9.17) is 14.2 Å². The van der Waals surface area contributed by atoms with E-state index in [0.717, 1.165) is 22.6 Å². The molecule has 0 unspecified atom stereocenters. The normalized spacial score (nSPS) is 14.3. The molecular formula is C19H19NO4. The van der Waals surface area contributed by atoms with Crippen molar-refractivity contribution in [3.63, 3.8) is 0 Å². The molecule has 1 aliphatic rings. The van der Waals surface area contributed by atoms with Gasteiger partial charge in [0.05, 0.1) is 26.5 Å². The van der Waals surface area contributed by atoms with E-state index in [-0.39, 0.29) is 5.91 Å². The number of methoxy groups -OCH3 is 2. The van der Waals surface area contributed by atoms with Gasteiger partial charge in [0.15, 0.2) is 0 Å². The van der Waals surface area contributed by atoms with Crippen LogP contribution in [0.25, 0.3) is 11.6 Å². The number of carbonyl (C=O) groups is 1. The Morgan fingerprint density at radius 1 is 1.04 bits per heavy atom. The van der Waals surface area contributed by atoms with Gasteiger partial charge in [-0.2, -0.15) is 0 Å². The molecule has 2 aromatic rings. The van der Waals surface area contributed by atoms with Crippen molar-refractivity contribution in [1.29, 1.82) is 0 Å². The lowest BCUT2D eigenvalue weighted by Gasteiger charge is -2.08. The fourth-order valence-electron chi connectivity index (χ4n) is 2.68. The molecule has 5 heteroatoms. The van der Waals surface area contributed by atoms with Gasteiger partial charge in [0.2, 0.25) is 0 Å². The standard InChI is InChI=1S/C19H19NO4/c1-4-24-14-5-7-15-16(19(21)20-17(15)11-14)10-12-9-13(22-2)6-8-18(12)23-3/h5-11H,4H2,1-3H3,(H,20,21)/b16-10+. The Kier molecular flexibility index (Phi) is 4.42. The third-order valence-corrected chi connectivity index (χ3v) is 3.82. The molecule has 1 aliphatic heterocycles. The summed E-state index contributed by atoms with van der Waals surface area (Å²) in [6.45, 7) is 2.50. The number of ether oxygens (including phenoxy) is 3. The van der Waals surface area contributed by atoms with Gasteiger partial charge in [0.25, 0.3) is 5.91 Å².